The Morgan fingerprint density at radius 2 is 1.76 bits per heavy atom. The smallest absolute Gasteiger partial charge is 0.261 e. The van der Waals surface area contributed by atoms with Gasteiger partial charge in [0.1, 0.15) is 0 Å². The van der Waals surface area contributed by atoms with Gasteiger partial charge in [-0.05, 0) is 49.4 Å². The van der Waals surface area contributed by atoms with Gasteiger partial charge in [-0.1, -0.05) is 30.3 Å². The Hall–Kier alpha value is -2.99. The summed E-state index contributed by atoms with van der Waals surface area (Å²) in [5, 5.41) is 0. The van der Waals surface area contributed by atoms with Gasteiger partial charge in [0.05, 0.1) is 11.1 Å². The first-order valence-corrected chi connectivity index (χ1v) is 10.2. The fraction of sp³-hybridized carbons (Fsp3) is 0.348. The van der Waals surface area contributed by atoms with Crippen LogP contribution in [0, 0.1) is 0 Å². The molecule has 6 nitrogen and oxygen atoms in total. The van der Waals surface area contributed by atoms with E-state index in [0.29, 0.717) is 42.7 Å². The summed E-state index contributed by atoms with van der Waals surface area (Å²) in [6.07, 6.45) is 3.53. The monoisotopic (exact) mass is 391 g/mol. The van der Waals surface area contributed by atoms with Crippen LogP contribution in [0.1, 0.15) is 55.9 Å². The second-order valence-corrected chi connectivity index (χ2v) is 7.64. The van der Waals surface area contributed by atoms with Crippen molar-refractivity contribution < 1.29 is 14.4 Å². The second kappa shape index (κ2) is 8.17. The maximum absolute atomic E-state index is 13.0. The van der Waals surface area contributed by atoms with Gasteiger partial charge in [-0.3, -0.25) is 19.3 Å². The number of piperidine rings is 1. The number of hydrogen-bond acceptors (Lipinski definition) is 4. The van der Waals surface area contributed by atoms with Gasteiger partial charge >= 0.3 is 0 Å². The van der Waals surface area contributed by atoms with Crippen LogP contribution < -0.4 is 5.73 Å². The predicted octanol–water partition coefficient (Wildman–Crippen LogP) is 2.48. The Morgan fingerprint density at radius 3 is 2.52 bits per heavy atom. The van der Waals surface area contributed by atoms with Gasteiger partial charge in [0.15, 0.2) is 0 Å². The molecule has 2 aliphatic rings. The molecule has 3 amide bonds. The number of carbonyl (C=O) groups excluding carboxylic acids is 3. The van der Waals surface area contributed by atoms with E-state index in [0.717, 1.165) is 24.8 Å². The molecule has 6 heteroatoms. The Kier molecular flexibility index (Phi) is 5.45. The Balaban J connectivity index is 1.53. The molecular formula is C23H25N3O3. The highest BCUT2D eigenvalue weighted by atomic mass is 16.2. The molecule has 1 fully saturated rings. The van der Waals surface area contributed by atoms with Crippen LogP contribution in [-0.4, -0.2) is 53.2 Å². The summed E-state index contributed by atoms with van der Waals surface area (Å²) in [5.41, 5.74) is 8.03. The summed E-state index contributed by atoms with van der Waals surface area (Å²) < 4.78 is 0. The molecule has 0 spiro atoms. The second-order valence-electron chi connectivity index (χ2n) is 7.64. The van der Waals surface area contributed by atoms with E-state index < -0.39 is 0 Å². The van der Waals surface area contributed by atoms with E-state index in [1.165, 1.54) is 4.90 Å². The van der Waals surface area contributed by atoms with Crippen LogP contribution in [-0.2, 0) is 6.42 Å². The maximum atomic E-state index is 13.0. The third kappa shape index (κ3) is 3.68. The molecule has 2 N–H and O–H groups in total. The highest BCUT2D eigenvalue weighted by Gasteiger charge is 2.36. The minimum atomic E-state index is -0.329. The minimum absolute atomic E-state index is 0.0317. The Labute approximate surface area is 170 Å². The van der Waals surface area contributed by atoms with Crippen LogP contribution in [0.25, 0.3) is 0 Å². The number of nitrogens with zero attached hydrogens (tertiary/aromatic N) is 2. The van der Waals surface area contributed by atoms with E-state index in [9.17, 15) is 14.4 Å². The highest BCUT2D eigenvalue weighted by Crippen LogP contribution is 2.26. The van der Waals surface area contributed by atoms with Gasteiger partial charge in [0.25, 0.3) is 17.7 Å². The highest BCUT2D eigenvalue weighted by molar-refractivity contribution is 6.22. The first kappa shape index (κ1) is 19.3. The van der Waals surface area contributed by atoms with Crippen molar-refractivity contribution in [2.45, 2.75) is 31.7 Å². The van der Waals surface area contributed by atoms with Crippen molar-refractivity contribution >= 4 is 17.7 Å². The summed E-state index contributed by atoms with van der Waals surface area (Å²) in [6.45, 7) is 1.43. The number of likely N-dealkylation sites (tertiary alicyclic amines) is 1. The fourth-order valence-corrected chi connectivity index (χ4v) is 4.19. The van der Waals surface area contributed by atoms with Crippen LogP contribution in [0.3, 0.4) is 0 Å². The lowest BCUT2D eigenvalue weighted by Crippen LogP contribution is -2.47. The molecule has 2 aromatic rings. The zero-order valence-electron chi connectivity index (χ0n) is 16.3. The van der Waals surface area contributed by atoms with Crippen LogP contribution >= 0.6 is 0 Å². The molecule has 0 bridgehead atoms. The summed E-state index contributed by atoms with van der Waals surface area (Å²) in [5.74, 6) is -0.742. The number of nitrogens with two attached hydrogens (primary N) is 1. The fourth-order valence-electron chi connectivity index (χ4n) is 4.19. The third-order valence-electron chi connectivity index (χ3n) is 5.84. The summed E-state index contributed by atoms with van der Waals surface area (Å²) in [7, 11) is 0. The zero-order chi connectivity index (χ0) is 20.4. The average molecular weight is 391 g/mol. The quantitative estimate of drug-likeness (QED) is 0.794. The molecule has 1 unspecified atom stereocenters. The van der Waals surface area contributed by atoms with Crippen LogP contribution in [0.15, 0.2) is 48.5 Å². The Bertz CT molecular complexity index is 942. The summed E-state index contributed by atoms with van der Waals surface area (Å²) in [6, 6.07) is 14.6. The van der Waals surface area contributed by atoms with E-state index in [4.69, 9.17) is 5.73 Å². The normalized spacial score (nSPS) is 18.9. The van der Waals surface area contributed by atoms with Crippen molar-refractivity contribution in [1.29, 1.82) is 0 Å². The lowest BCUT2D eigenvalue weighted by Gasteiger charge is -2.35. The first-order chi connectivity index (χ1) is 14.1. The number of fused-ring (bicyclic) bond motifs is 1. The molecule has 29 heavy (non-hydrogen) atoms. The molecule has 0 aliphatic carbocycles. The molecule has 0 saturated carbocycles. The number of imide groups is 1. The van der Waals surface area contributed by atoms with Crippen molar-refractivity contribution in [2.75, 3.05) is 19.6 Å². The molecule has 2 aliphatic heterocycles. The lowest BCUT2D eigenvalue weighted by atomic mass is 9.99. The van der Waals surface area contributed by atoms with Crippen molar-refractivity contribution in [3.05, 3.63) is 70.8 Å². The van der Waals surface area contributed by atoms with Gasteiger partial charge in [-0.25, -0.2) is 0 Å². The number of carbonyl (C=O) groups is 3. The molecule has 2 aromatic carbocycles. The van der Waals surface area contributed by atoms with Crippen molar-refractivity contribution in [2.24, 2.45) is 5.73 Å². The van der Waals surface area contributed by atoms with Crippen molar-refractivity contribution in [3.63, 3.8) is 0 Å². The standard InChI is InChI=1S/C23H25N3O3/c24-15-18-8-4-5-12-25(18)21(27)17-9-10-19-20(14-17)23(29)26(22(19)28)13-11-16-6-2-1-3-7-16/h1-3,6-7,9-10,14,18H,4-5,8,11-13,15,24H2. The molecule has 2 heterocycles. The van der Waals surface area contributed by atoms with Gasteiger partial charge < -0.3 is 10.6 Å². The number of amides is 3. The van der Waals surface area contributed by atoms with Gasteiger partial charge in [-0.15, -0.1) is 0 Å². The van der Waals surface area contributed by atoms with E-state index >= 15 is 0 Å². The van der Waals surface area contributed by atoms with Crippen LogP contribution in [0.4, 0.5) is 0 Å². The summed E-state index contributed by atoms with van der Waals surface area (Å²) in [4.78, 5) is 41.7. The molecule has 0 aromatic heterocycles. The number of benzene rings is 2. The molecule has 150 valence electrons. The van der Waals surface area contributed by atoms with Crippen molar-refractivity contribution in [3.8, 4) is 0 Å². The topological polar surface area (TPSA) is 83.7 Å². The third-order valence-corrected chi connectivity index (χ3v) is 5.84. The SMILES string of the molecule is NCC1CCCCN1C(=O)c1ccc2c(c1)C(=O)N(CCc1ccccc1)C2=O. The number of rotatable bonds is 5. The van der Waals surface area contributed by atoms with E-state index in [-0.39, 0.29) is 23.8 Å². The molecule has 0 radical (unpaired) electrons. The molecule has 1 atom stereocenters. The van der Waals surface area contributed by atoms with Gasteiger partial charge in [0.2, 0.25) is 0 Å². The van der Waals surface area contributed by atoms with Crippen molar-refractivity contribution in [1.82, 2.24) is 9.80 Å². The van der Waals surface area contributed by atoms with Gasteiger partial charge in [0, 0.05) is 31.2 Å². The predicted molar refractivity (Wildman–Crippen MR) is 110 cm³/mol. The lowest BCUT2D eigenvalue weighted by molar-refractivity contribution is 0.0622. The number of hydrogen-bond donors (Lipinski definition) is 1. The average Bonchev–Trinajstić information content (AvgIpc) is 3.01. The van der Waals surface area contributed by atoms with Crippen LogP contribution in [0.2, 0.25) is 0 Å². The maximum Gasteiger partial charge on any atom is 0.261 e. The molecule has 1 saturated heterocycles. The van der Waals surface area contributed by atoms with Crippen LogP contribution in [0.5, 0.6) is 0 Å². The van der Waals surface area contributed by atoms with Gasteiger partial charge in [-0.2, -0.15) is 0 Å². The Morgan fingerprint density at radius 1 is 1.00 bits per heavy atom. The van der Waals surface area contributed by atoms with E-state index in [1.54, 1.807) is 23.1 Å². The van der Waals surface area contributed by atoms with E-state index in [2.05, 4.69) is 0 Å². The zero-order valence-corrected chi connectivity index (χ0v) is 16.3. The molecule has 4 rings (SSSR count). The van der Waals surface area contributed by atoms with E-state index in [1.807, 2.05) is 30.3 Å². The molecular weight excluding hydrogens is 366 g/mol. The first-order valence-electron chi connectivity index (χ1n) is 10.2. The largest absolute Gasteiger partial charge is 0.334 e. The summed E-state index contributed by atoms with van der Waals surface area (Å²) >= 11 is 0. The minimum Gasteiger partial charge on any atom is -0.334 e.